The van der Waals surface area contributed by atoms with E-state index in [2.05, 4.69) is 20.0 Å². The first-order valence-electron chi connectivity index (χ1n) is 11.7. The van der Waals surface area contributed by atoms with Gasteiger partial charge >= 0.3 is 12.1 Å². The minimum Gasteiger partial charge on any atom is -0.378 e. The molecular formula is C23H27F3N4O7S. The Hall–Kier alpha value is -3.33. The number of nitrogens with zero attached hydrogens (tertiary/aromatic N) is 3. The highest BCUT2D eigenvalue weighted by molar-refractivity contribution is 7.92. The number of carbonyl (C=O) groups is 3. The van der Waals surface area contributed by atoms with Gasteiger partial charge in [0.25, 0.3) is 0 Å². The number of rotatable bonds is 10. The molecule has 38 heavy (non-hydrogen) atoms. The number of morpholine rings is 1. The predicted octanol–water partition coefficient (Wildman–Crippen LogP) is 1.79. The first-order valence-corrected chi connectivity index (χ1v) is 13.3. The van der Waals surface area contributed by atoms with Crippen LogP contribution in [-0.2, 0) is 36.1 Å². The minimum absolute atomic E-state index is 0.132. The average Bonchev–Trinajstić information content (AvgIpc) is 3.38. The maximum atomic E-state index is 13.6. The van der Waals surface area contributed by atoms with Crippen molar-refractivity contribution >= 4 is 27.4 Å². The topological polar surface area (TPSA) is 149 Å². The van der Waals surface area contributed by atoms with E-state index < -0.39 is 68.3 Å². The fourth-order valence-electron chi connectivity index (χ4n) is 3.76. The summed E-state index contributed by atoms with van der Waals surface area (Å²) in [6.45, 7) is 3.47. The van der Waals surface area contributed by atoms with Crippen molar-refractivity contribution in [1.29, 1.82) is 0 Å². The van der Waals surface area contributed by atoms with Gasteiger partial charge in [0.1, 0.15) is 0 Å². The standard InChI is InChI=1S/C23H27F3N4O7S/c1-3-16(18(32)19-28-21(37-29-19)23(24,25)26)27-20(33)22(2,13-17(31)30-9-11-36-12-10-30)38(34,35)14-15-7-5-4-6-8-15/h4-8,16H,3,9-14H2,1-2H3,(H,27,33)/t16-,22?/m0/s1. The lowest BCUT2D eigenvalue weighted by Crippen LogP contribution is -2.57. The summed E-state index contributed by atoms with van der Waals surface area (Å²) in [6, 6.07) is 6.54. The zero-order chi connectivity index (χ0) is 28.1. The summed E-state index contributed by atoms with van der Waals surface area (Å²) < 4.78 is 72.6. The van der Waals surface area contributed by atoms with Crippen LogP contribution in [0.2, 0.25) is 0 Å². The van der Waals surface area contributed by atoms with Gasteiger partial charge in [0.05, 0.1) is 31.4 Å². The lowest BCUT2D eigenvalue weighted by molar-refractivity contribution is -0.159. The highest BCUT2D eigenvalue weighted by Gasteiger charge is 2.49. The lowest BCUT2D eigenvalue weighted by Gasteiger charge is -2.33. The quantitative estimate of drug-likeness (QED) is 0.429. The SMILES string of the molecule is CC[C@H](NC(=O)C(C)(CC(=O)N1CCOCC1)S(=O)(=O)Cc1ccccc1)C(=O)c1noc(C(F)(F)F)n1. The van der Waals surface area contributed by atoms with E-state index in [-0.39, 0.29) is 32.7 Å². The number of benzene rings is 1. The Kier molecular flexibility index (Phi) is 8.92. The number of Topliss-reactive ketones (excluding diaryl/α,β-unsaturated/α-hetero) is 1. The molecule has 2 amide bonds. The highest BCUT2D eigenvalue weighted by atomic mass is 32.2. The molecule has 1 aromatic heterocycles. The molecule has 1 aliphatic rings. The van der Waals surface area contributed by atoms with Crippen LogP contribution in [0.25, 0.3) is 0 Å². The summed E-state index contributed by atoms with van der Waals surface area (Å²) in [5.74, 6) is -6.11. The Balaban J connectivity index is 1.90. The Bertz CT molecular complexity index is 1260. The van der Waals surface area contributed by atoms with E-state index in [1.165, 1.54) is 11.8 Å². The van der Waals surface area contributed by atoms with E-state index >= 15 is 0 Å². The molecule has 1 unspecified atom stereocenters. The molecule has 1 fully saturated rings. The molecule has 1 saturated heterocycles. The zero-order valence-electron chi connectivity index (χ0n) is 20.7. The van der Waals surface area contributed by atoms with Gasteiger partial charge in [-0.1, -0.05) is 42.4 Å². The molecule has 11 nitrogen and oxygen atoms in total. The van der Waals surface area contributed by atoms with Crippen LogP contribution in [0.4, 0.5) is 13.2 Å². The summed E-state index contributed by atoms with van der Waals surface area (Å²) in [7, 11) is -4.37. The first kappa shape index (κ1) is 29.2. The van der Waals surface area contributed by atoms with Crippen molar-refractivity contribution < 1.29 is 45.2 Å². The maximum absolute atomic E-state index is 13.6. The summed E-state index contributed by atoms with van der Waals surface area (Å²) in [5.41, 5.74) is 0.375. The molecule has 0 radical (unpaired) electrons. The van der Waals surface area contributed by atoms with E-state index in [0.29, 0.717) is 5.56 Å². The van der Waals surface area contributed by atoms with Crippen molar-refractivity contribution in [2.24, 2.45) is 0 Å². The van der Waals surface area contributed by atoms with E-state index in [1.807, 2.05) is 0 Å². The van der Waals surface area contributed by atoms with Gasteiger partial charge in [-0.15, -0.1) is 0 Å². The number of aromatic nitrogens is 2. The molecule has 1 N–H and O–H groups in total. The van der Waals surface area contributed by atoms with Gasteiger partial charge < -0.3 is 19.5 Å². The van der Waals surface area contributed by atoms with Gasteiger partial charge in [0, 0.05) is 13.1 Å². The number of ether oxygens (including phenoxy) is 1. The minimum atomic E-state index is -4.99. The van der Waals surface area contributed by atoms with Crippen LogP contribution in [0.15, 0.2) is 34.9 Å². The van der Waals surface area contributed by atoms with Crippen LogP contribution in [0.1, 0.15) is 48.8 Å². The molecule has 0 saturated carbocycles. The van der Waals surface area contributed by atoms with Crippen LogP contribution in [0.5, 0.6) is 0 Å². The Morgan fingerprint density at radius 2 is 1.76 bits per heavy atom. The first-order chi connectivity index (χ1) is 17.8. The summed E-state index contributed by atoms with van der Waals surface area (Å²) in [6.07, 6.45) is -5.84. The maximum Gasteiger partial charge on any atom is 0.471 e. The molecule has 15 heteroatoms. The third kappa shape index (κ3) is 6.56. The largest absolute Gasteiger partial charge is 0.471 e. The fourth-order valence-corrected chi connectivity index (χ4v) is 5.39. The number of alkyl halides is 3. The van der Waals surface area contributed by atoms with Crippen LogP contribution >= 0.6 is 0 Å². The van der Waals surface area contributed by atoms with Crippen LogP contribution in [0, 0.1) is 0 Å². The van der Waals surface area contributed by atoms with Gasteiger partial charge in [-0.25, -0.2) is 8.42 Å². The van der Waals surface area contributed by atoms with E-state index in [9.17, 15) is 36.0 Å². The molecule has 3 rings (SSSR count). The summed E-state index contributed by atoms with van der Waals surface area (Å²) in [4.78, 5) is 43.8. The highest BCUT2D eigenvalue weighted by Crippen LogP contribution is 2.29. The molecular weight excluding hydrogens is 533 g/mol. The van der Waals surface area contributed by atoms with Crippen molar-refractivity contribution in [3.8, 4) is 0 Å². The number of amides is 2. The van der Waals surface area contributed by atoms with E-state index in [4.69, 9.17) is 4.74 Å². The summed E-state index contributed by atoms with van der Waals surface area (Å²) >= 11 is 0. The summed E-state index contributed by atoms with van der Waals surface area (Å²) in [5, 5.41) is 5.32. The van der Waals surface area contributed by atoms with Crippen LogP contribution in [0.3, 0.4) is 0 Å². The van der Waals surface area contributed by atoms with Gasteiger partial charge in [-0.3, -0.25) is 14.4 Å². The number of halogens is 3. The number of hydrogen-bond acceptors (Lipinski definition) is 9. The second kappa shape index (κ2) is 11.6. The van der Waals surface area contributed by atoms with Gasteiger partial charge in [-0.05, 0) is 18.9 Å². The Morgan fingerprint density at radius 1 is 1.13 bits per heavy atom. The van der Waals surface area contributed by atoms with E-state index in [0.717, 1.165) is 6.92 Å². The molecule has 0 bridgehead atoms. The monoisotopic (exact) mass is 560 g/mol. The molecule has 0 spiro atoms. The van der Waals surface area contributed by atoms with Crippen molar-refractivity contribution in [3.05, 3.63) is 47.6 Å². The van der Waals surface area contributed by atoms with E-state index in [1.54, 1.807) is 30.3 Å². The number of ketones is 1. The Labute approximate surface area is 216 Å². The van der Waals surface area contributed by atoms with Crippen LogP contribution < -0.4 is 5.32 Å². The molecule has 1 aliphatic heterocycles. The van der Waals surface area contributed by atoms with Crippen LogP contribution in [-0.4, -0.2) is 78.1 Å². The number of hydrogen-bond donors (Lipinski definition) is 1. The smallest absolute Gasteiger partial charge is 0.378 e. The second-order valence-electron chi connectivity index (χ2n) is 8.86. The number of nitrogens with one attached hydrogen (secondary N) is 1. The lowest BCUT2D eigenvalue weighted by atomic mass is 10.0. The second-order valence-corrected chi connectivity index (χ2v) is 11.3. The molecule has 208 valence electrons. The van der Waals surface area contributed by atoms with Crippen molar-refractivity contribution in [2.45, 2.75) is 49.4 Å². The third-order valence-electron chi connectivity index (χ3n) is 6.14. The van der Waals surface area contributed by atoms with Crippen molar-refractivity contribution in [2.75, 3.05) is 26.3 Å². The molecule has 2 atom stereocenters. The third-order valence-corrected chi connectivity index (χ3v) is 8.55. The molecule has 0 aliphatic carbocycles. The molecule has 1 aromatic carbocycles. The fraction of sp³-hybridized carbons (Fsp3) is 0.522. The Morgan fingerprint density at radius 3 is 2.32 bits per heavy atom. The molecule has 2 heterocycles. The van der Waals surface area contributed by atoms with Gasteiger partial charge in [-0.2, -0.15) is 18.2 Å². The average molecular weight is 561 g/mol. The molecule has 2 aromatic rings. The number of carbonyl (C=O) groups excluding carboxylic acids is 3. The predicted molar refractivity (Wildman–Crippen MR) is 125 cm³/mol. The van der Waals surface area contributed by atoms with Crippen molar-refractivity contribution in [3.63, 3.8) is 0 Å². The van der Waals surface area contributed by atoms with Gasteiger partial charge in [0.15, 0.2) is 14.6 Å². The number of sulfone groups is 1. The van der Waals surface area contributed by atoms with Gasteiger partial charge in [0.2, 0.25) is 23.4 Å². The normalized spacial score (nSPS) is 16.9. The zero-order valence-corrected chi connectivity index (χ0v) is 21.5. The van der Waals surface area contributed by atoms with Crippen molar-refractivity contribution in [1.82, 2.24) is 20.4 Å².